The van der Waals surface area contributed by atoms with Crippen molar-refractivity contribution in [2.75, 3.05) is 46.9 Å². The maximum atomic E-state index is 6.42. The highest BCUT2D eigenvalue weighted by Gasteiger charge is 2.43. The van der Waals surface area contributed by atoms with E-state index in [-0.39, 0.29) is 5.60 Å². The molecule has 2 saturated heterocycles. The summed E-state index contributed by atoms with van der Waals surface area (Å²) in [6, 6.07) is 2.22. The van der Waals surface area contributed by atoms with Crippen molar-refractivity contribution in [1.29, 1.82) is 0 Å². The molecule has 2 aliphatic rings. The van der Waals surface area contributed by atoms with E-state index in [4.69, 9.17) is 9.47 Å². The van der Waals surface area contributed by atoms with Gasteiger partial charge in [0.05, 0.1) is 19.3 Å². The Morgan fingerprint density at radius 1 is 1.48 bits per heavy atom. The van der Waals surface area contributed by atoms with Crippen LogP contribution in [0.2, 0.25) is 0 Å². The maximum absolute atomic E-state index is 6.42. The maximum Gasteiger partial charge on any atom is 0.105 e. The van der Waals surface area contributed by atoms with Gasteiger partial charge < -0.3 is 14.4 Å². The Morgan fingerprint density at radius 2 is 2.38 bits per heavy atom. The van der Waals surface area contributed by atoms with E-state index < -0.39 is 0 Å². The topological polar surface area (TPSA) is 24.9 Å². The molecule has 118 valence electrons. The molecule has 2 fully saturated rings. The van der Waals surface area contributed by atoms with Crippen LogP contribution < -0.4 is 0 Å². The van der Waals surface area contributed by atoms with E-state index in [1.54, 1.807) is 11.3 Å². The Hall–Kier alpha value is -0.460. The van der Waals surface area contributed by atoms with Crippen LogP contribution in [0.5, 0.6) is 0 Å². The fourth-order valence-electron chi connectivity index (χ4n) is 3.41. The van der Waals surface area contributed by atoms with Gasteiger partial charge in [0.1, 0.15) is 5.60 Å². The molecule has 0 unspecified atom stereocenters. The lowest BCUT2D eigenvalue weighted by molar-refractivity contribution is -0.0902. The zero-order chi connectivity index (χ0) is 14.7. The molecule has 2 atom stereocenters. The molecule has 3 heterocycles. The second-order valence-electron chi connectivity index (χ2n) is 6.62. The van der Waals surface area contributed by atoms with Crippen LogP contribution in [0.25, 0.3) is 0 Å². The van der Waals surface area contributed by atoms with Crippen molar-refractivity contribution in [3.05, 3.63) is 22.4 Å². The lowest BCUT2D eigenvalue weighted by Gasteiger charge is -2.32. The van der Waals surface area contributed by atoms with Crippen LogP contribution in [-0.4, -0.2) is 68.4 Å². The van der Waals surface area contributed by atoms with Crippen LogP contribution in [0.15, 0.2) is 16.8 Å². The first-order valence-electron chi connectivity index (χ1n) is 7.79. The van der Waals surface area contributed by atoms with Crippen LogP contribution in [0.1, 0.15) is 18.4 Å². The first kappa shape index (κ1) is 15.4. The standard InChI is InChI=1S/C16H26N2O2S/c1-17(2)10-15-3-5-16(20-15)12-18(6-7-19-13-16)9-14-4-8-21-11-14/h4,8,11,15H,3,5-7,9-10,12-13H2,1-2H3/t15-,16-/m0/s1. The average Bonchev–Trinajstić information content (AvgIpc) is 3.00. The number of ether oxygens (including phenoxy) is 2. The molecule has 4 nitrogen and oxygen atoms in total. The summed E-state index contributed by atoms with van der Waals surface area (Å²) in [5, 5.41) is 4.39. The monoisotopic (exact) mass is 310 g/mol. The molecule has 0 aromatic carbocycles. The molecule has 21 heavy (non-hydrogen) atoms. The minimum Gasteiger partial charge on any atom is -0.377 e. The van der Waals surface area contributed by atoms with E-state index in [1.165, 1.54) is 5.56 Å². The Labute approximate surface area is 131 Å². The number of rotatable bonds is 4. The van der Waals surface area contributed by atoms with Crippen molar-refractivity contribution >= 4 is 11.3 Å². The zero-order valence-electron chi connectivity index (χ0n) is 13.1. The molecule has 1 spiro atoms. The second kappa shape index (κ2) is 6.75. The van der Waals surface area contributed by atoms with Gasteiger partial charge in [-0.15, -0.1) is 0 Å². The smallest absolute Gasteiger partial charge is 0.105 e. The van der Waals surface area contributed by atoms with Gasteiger partial charge >= 0.3 is 0 Å². The third-order valence-electron chi connectivity index (χ3n) is 4.32. The molecule has 0 radical (unpaired) electrons. The minimum atomic E-state index is -0.0901. The summed E-state index contributed by atoms with van der Waals surface area (Å²) in [5.41, 5.74) is 1.31. The fraction of sp³-hybridized carbons (Fsp3) is 0.750. The predicted octanol–water partition coefficient (Wildman–Crippen LogP) is 2.06. The molecule has 0 bridgehead atoms. The quantitative estimate of drug-likeness (QED) is 0.850. The lowest BCUT2D eigenvalue weighted by Crippen LogP contribution is -2.44. The SMILES string of the molecule is CN(C)C[C@@H]1CC[C@]2(COCCN(Cc3ccsc3)C2)O1. The van der Waals surface area contributed by atoms with Crippen LogP contribution >= 0.6 is 11.3 Å². The van der Waals surface area contributed by atoms with Gasteiger partial charge in [0.2, 0.25) is 0 Å². The fourth-order valence-corrected chi connectivity index (χ4v) is 4.07. The van der Waals surface area contributed by atoms with Crippen molar-refractivity contribution in [2.24, 2.45) is 0 Å². The average molecular weight is 310 g/mol. The van der Waals surface area contributed by atoms with Gasteiger partial charge in [-0.3, -0.25) is 4.90 Å². The number of thiophene rings is 1. The third-order valence-corrected chi connectivity index (χ3v) is 5.05. The molecule has 0 saturated carbocycles. The van der Waals surface area contributed by atoms with E-state index in [0.717, 1.165) is 52.2 Å². The van der Waals surface area contributed by atoms with Crippen molar-refractivity contribution in [2.45, 2.75) is 31.1 Å². The van der Waals surface area contributed by atoms with E-state index in [0.29, 0.717) is 6.10 Å². The van der Waals surface area contributed by atoms with Crippen LogP contribution in [0.4, 0.5) is 0 Å². The molecular weight excluding hydrogens is 284 g/mol. The number of hydrogen-bond donors (Lipinski definition) is 0. The summed E-state index contributed by atoms with van der Waals surface area (Å²) in [6.07, 6.45) is 2.61. The third kappa shape index (κ3) is 4.05. The molecule has 0 aliphatic carbocycles. The number of hydrogen-bond acceptors (Lipinski definition) is 5. The summed E-state index contributed by atoms with van der Waals surface area (Å²) in [6.45, 7) is 5.57. The first-order valence-corrected chi connectivity index (χ1v) is 8.73. The van der Waals surface area contributed by atoms with Crippen LogP contribution in [0, 0.1) is 0 Å². The Kier molecular flexibility index (Phi) is 4.96. The van der Waals surface area contributed by atoms with Gasteiger partial charge in [-0.1, -0.05) is 0 Å². The van der Waals surface area contributed by atoms with E-state index >= 15 is 0 Å². The number of likely N-dealkylation sites (N-methyl/N-ethyl adjacent to an activating group) is 1. The zero-order valence-corrected chi connectivity index (χ0v) is 13.9. The van der Waals surface area contributed by atoms with Gasteiger partial charge in [-0.2, -0.15) is 11.3 Å². The second-order valence-corrected chi connectivity index (χ2v) is 7.40. The van der Waals surface area contributed by atoms with Crippen molar-refractivity contribution in [3.63, 3.8) is 0 Å². The Morgan fingerprint density at radius 3 is 3.14 bits per heavy atom. The summed E-state index contributed by atoms with van der Waals surface area (Å²) in [7, 11) is 4.22. The first-order chi connectivity index (χ1) is 10.2. The molecule has 5 heteroatoms. The molecule has 1 aromatic heterocycles. The van der Waals surface area contributed by atoms with Crippen molar-refractivity contribution in [1.82, 2.24) is 9.80 Å². The van der Waals surface area contributed by atoms with Gasteiger partial charge in [-0.05, 0) is 49.3 Å². The normalized spacial score (nSPS) is 31.1. The highest BCUT2D eigenvalue weighted by atomic mass is 32.1. The summed E-state index contributed by atoms with van der Waals surface area (Å²) >= 11 is 1.77. The molecule has 0 N–H and O–H groups in total. The van der Waals surface area contributed by atoms with Gasteiger partial charge in [-0.25, -0.2) is 0 Å². The van der Waals surface area contributed by atoms with Crippen molar-refractivity contribution in [3.8, 4) is 0 Å². The summed E-state index contributed by atoms with van der Waals surface area (Å²) in [5.74, 6) is 0. The van der Waals surface area contributed by atoms with E-state index in [9.17, 15) is 0 Å². The molecule has 1 aromatic rings. The van der Waals surface area contributed by atoms with Crippen LogP contribution in [-0.2, 0) is 16.0 Å². The van der Waals surface area contributed by atoms with Crippen LogP contribution in [0.3, 0.4) is 0 Å². The highest BCUT2D eigenvalue weighted by Crippen LogP contribution is 2.33. The van der Waals surface area contributed by atoms with E-state index in [1.807, 2.05) is 0 Å². The van der Waals surface area contributed by atoms with Gasteiger partial charge in [0.25, 0.3) is 0 Å². The van der Waals surface area contributed by atoms with E-state index in [2.05, 4.69) is 40.7 Å². The Bertz CT molecular complexity index is 437. The molecule has 0 amide bonds. The Balaban J connectivity index is 1.62. The van der Waals surface area contributed by atoms with Gasteiger partial charge in [0, 0.05) is 26.2 Å². The minimum absolute atomic E-state index is 0.0901. The van der Waals surface area contributed by atoms with Crippen molar-refractivity contribution < 1.29 is 9.47 Å². The van der Waals surface area contributed by atoms with Gasteiger partial charge in [0.15, 0.2) is 0 Å². The molecule has 2 aliphatic heterocycles. The largest absolute Gasteiger partial charge is 0.377 e. The predicted molar refractivity (Wildman–Crippen MR) is 85.8 cm³/mol. The summed E-state index contributed by atoms with van der Waals surface area (Å²) < 4.78 is 12.3. The summed E-state index contributed by atoms with van der Waals surface area (Å²) in [4.78, 5) is 4.71. The number of nitrogens with zero attached hydrogens (tertiary/aromatic N) is 2. The highest BCUT2D eigenvalue weighted by molar-refractivity contribution is 7.07. The molecule has 3 rings (SSSR count). The molecular formula is C16H26N2O2S. The lowest BCUT2D eigenvalue weighted by atomic mass is 10.00.